The fourth-order valence-electron chi connectivity index (χ4n) is 1.96. The molecule has 2 rings (SSSR count). The minimum Gasteiger partial charge on any atom is -0.490 e. The third kappa shape index (κ3) is 3.95. The minimum absolute atomic E-state index is 0.145. The Hall–Kier alpha value is -2.07. The van der Waals surface area contributed by atoms with E-state index in [0.29, 0.717) is 29.2 Å². The maximum atomic E-state index is 14.1. The molecule has 0 fully saturated rings. The molecule has 0 radical (unpaired) electrons. The highest BCUT2D eigenvalue weighted by atomic mass is 19.1. The number of rotatable bonds is 7. The van der Waals surface area contributed by atoms with Crippen molar-refractivity contribution in [2.24, 2.45) is 5.73 Å². The molecule has 0 aliphatic rings. The van der Waals surface area contributed by atoms with Gasteiger partial charge in [0.2, 0.25) is 0 Å². The Balaban J connectivity index is 2.10. The maximum absolute atomic E-state index is 14.1. The topological polar surface area (TPSA) is 44.5 Å². The fraction of sp³-hybridized carbons (Fsp3) is 0.294. The Labute approximate surface area is 124 Å². The summed E-state index contributed by atoms with van der Waals surface area (Å²) in [5, 5.41) is 0. The summed E-state index contributed by atoms with van der Waals surface area (Å²) >= 11 is 0. The Morgan fingerprint density at radius 2 is 1.62 bits per heavy atom. The molecule has 3 nitrogen and oxygen atoms in total. The van der Waals surface area contributed by atoms with Crippen LogP contribution in [0.25, 0.3) is 0 Å². The number of hydrogen-bond donors (Lipinski definition) is 1. The first-order chi connectivity index (χ1) is 10.3. The lowest BCUT2D eigenvalue weighted by molar-refractivity contribution is 0.259. The summed E-state index contributed by atoms with van der Waals surface area (Å²) in [6.45, 7) is 2.98. The molecule has 112 valence electrons. The van der Waals surface area contributed by atoms with Gasteiger partial charge in [0.15, 0.2) is 11.5 Å². The molecule has 0 aromatic heterocycles. The first-order valence-electron chi connectivity index (χ1n) is 7.07. The molecule has 0 heterocycles. The lowest BCUT2D eigenvalue weighted by Crippen LogP contribution is -2.06. The zero-order valence-electron chi connectivity index (χ0n) is 12.1. The molecule has 2 N–H and O–H groups in total. The summed E-state index contributed by atoms with van der Waals surface area (Å²) in [5.74, 6) is 0.991. The van der Waals surface area contributed by atoms with Crippen molar-refractivity contribution in [3.05, 3.63) is 59.4 Å². The van der Waals surface area contributed by atoms with Crippen LogP contribution in [0, 0.1) is 5.82 Å². The third-order valence-corrected chi connectivity index (χ3v) is 3.07. The van der Waals surface area contributed by atoms with Gasteiger partial charge in [-0.15, -0.1) is 0 Å². The van der Waals surface area contributed by atoms with Crippen molar-refractivity contribution in [2.75, 3.05) is 6.61 Å². The molecule has 0 saturated heterocycles. The molecule has 2 aromatic rings. The molecule has 0 saturated carbocycles. The van der Waals surface area contributed by atoms with Gasteiger partial charge in [-0.05, 0) is 18.6 Å². The van der Waals surface area contributed by atoms with Crippen molar-refractivity contribution in [1.29, 1.82) is 0 Å². The van der Waals surface area contributed by atoms with E-state index in [1.54, 1.807) is 18.2 Å². The van der Waals surface area contributed by atoms with Gasteiger partial charge in [-0.3, -0.25) is 0 Å². The predicted octanol–water partition coefficient (Wildman–Crippen LogP) is 3.65. The monoisotopic (exact) mass is 289 g/mol. The van der Waals surface area contributed by atoms with E-state index in [-0.39, 0.29) is 19.0 Å². The van der Waals surface area contributed by atoms with Crippen molar-refractivity contribution in [1.82, 2.24) is 0 Å². The van der Waals surface area contributed by atoms with Gasteiger partial charge in [0, 0.05) is 17.7 Å². The zero-order valence-corrected chi connectivity index (χ0v) is 12.1. The highest BCUT2D eigenvalue weighted by Gasteiger charge is 2.09. The van der Waals surface area contributed by atoms with Crippen LogP contribution in [0.3, 0.4) is 0 Å². The Morgan fingerprint density at radius 3 is 2.29 bits per heavy atom. The molecule has 4 heteroatoms. The second-order valence-corrected chi connectivity index (χ2v) is 4.68. The number of ether oxygens (including phenoxy) is 2. The van der Waals surface area contributed by atoms with E-state index in [2.05, 4.69) is 0 Å². The molecule has 0 amide bonds. The molecule has 0 bridgehead atoms. The van der Waals surface area contributed by atoms with Crippen LogP contribution in [0.2, 0.25) is 0 Å². The van der Waals surface area contributed by atoms with E-state index < -0.39 is 0 Å². The van der Waals surface area contributed by atoms with Gasteiger partial charge >= 0.3 is 0 Å². The predicted molar refractivity (Wildman–Crippen MR) is 80.9 cm³/mol. The molecule has 0 spiro atoms. The first kappa shape index (κ1) is 15.3. The van der Waals surface area contributed by atoms with Crippen molar-refractivity contribution in [3.63, 3.8) is 0 Å². The number of para-hydroxylation sites is 2. The van der Waals surface area contributed by atoms with Crippen LogP contribution in [-0.2, 0) is 13.2 Å². The Kier molecular flexibility index (Phi) is 5.58. The van der Waals surface area contributed by atoms with Crippen LogP contribution in [0.1, 0.15) is 24.5 Å². The standard InChI is InChI=1S/C17H20FNO2/c1-2-10-20-15-8-3-4-9-16(15)21-12-14-7-5-6-13(11-19)17(14)18/h3-9H,2,10-12,19H2,1H3. The lowest BCUT2D eigenvalue weighted by atomic mass is 10.1. The Morgan fingerprint density at radius 1 is 0.952 bits per heavy atom. The van der Waals surface area contributed by atoms with Gasteiger partial charge in [-0.1, -0.05) is 37.3 Å². The van der Waals surface area contributed by atoms with E-state index in [1.165, 1.54) is 0 Å². The van der Waals surface area contributed by atoms with Crippen LogP contribution in [0.5, 0.6) is 11.5 Å². The van der Waals surface area contributed by atoms with Crippen molar-refractivity contribution in [3.8, 4) is 11.5 Å². The number of benzene rings is 2. The number of hydrogen-bond acceptors (Lipinski definition) is 3. The summed E-state index contributed by atoms with van der Waals surface area (Å²) < 4.78 is 25.4. The molecule has 0 aliphatic carbocycles. The molecular weight excluding hydrogens is 269 g/mol. The molecule has 0 unspecified atom stereocenters. The van der Waals surface area contributed by atoms with Crippen LogP contribution in [-0.4, -0.2) is 6.61 Å². The summed E-state index contributed by atoms with van der Waals surface area (Å²) in [4.78, 5) is 0. The largest absolute Gasteiger partial charge is 0.490 e. The molecule has 0 atom stereocenters. The average Bonchev–Trinajstić information content (AvgIpc) is 2.52. The van der Waals surface area contributed by atoms with Crippen LogP contribution in [0.4, 0.5) is 4.39 Å². The van der Waals surface area contributed by atoms with Gasteiger partial charge in [-0.25, -0.2) is 4.39 Å². The van der Waals surface area contributed by atoms with E-state index in [1.807, 2.05) is 31.2 Å². The van der Waals surface area contributed by atoms with Gasteiger partial charge in [0.25, 0.3) is 0 Å². The van der Waals surface area contributed by atoms with E-state index in [9.17, 15) is 4.39 Å². The average molecular weight is 289 g/mol. The lowest BCUT2D eigenvalue weighted by Gasteiger charge is -2.13. The molecule has 2 aromatic carbocycles. The van der Waals surface area contributed by atoms with Crippen molar-refractivity contribution >= 4 is 0 Å². The van der Waals surface area contributed by atoms with Crippen LogP contribution >= 0.6 is 0 Å². The first-order valence-corrected chi connectivity index (χ1v) is 7.07. The number of halogens is 1. The van der Waals surface area contributed by atoms with Gasteiger partial charge in [-0.2, -0.15) is 0 Å². The fourth-order valence-corrected chi connectivity index (χ4v) is 1.96. The normalized spacial score (nSPS) is 10.4. The summed E-state index contributed by atoms with van der Waals surface area (Å²) in [7, 11) is 0. The Bertz CT molecular complexity index is 587. The summed E-state index contributed by atoms with van der Waals surface area (Å²) in [6, 6.07) is 12.6. The highest BCUT2D eigenvalue weighted by Crippen LogP contribution is 2.27. The summed E-state index contributed by atoms with van der Waals surface area (Å²) in [5.41, 5.74) is 6.49. The smallest absolute Gasteiger partial charge is 0.161 e. The van der Waals surface area contributed by atoms with Crippen molar-refractivity contribution in [2.45, 2.75) is 26.5 Å². The van der Waals surface area contributed by atoms with E-state index >= 15 is 0 Å². The zero-order chi connectivity index (χ0) is 15.1. The van der Waals surface area contributed by atoms with E-state index in [4.69, 9.17) is 15.2 Å². The SMILES string of the molecule is CCCOc1ccccc1OCc1cccc(CN)c1F. The quantitative estimate of drug-likeness (QED) is 0.846. The summed E-state index contributed by atoms with van der Waals surface area (Å²) in [6.07, 6.45) is 0.918. The maximum Gasteiger partial charge on any atom is 0.161 e. The highest BCUT2D eigenvalue weighted by molar-refractivity contribution is 5.39. The second kappa shape index (κ2) is 7.64. The van der Waals surface area contributed by atoms with Crippen molar-refractivity contribution < 1.29 is 13.9 Å². The molecular formula is C17H20FNO2. The molecule has 21 heavy (non-hydrogen) atoms. The van der Waals surface area contributed by atoms with Crippen LogP contribution < -0.4 is 15.2 Å². The second-order valence-electron chi connectivity index (χ2n) is 4.68. The van der Waals surface area contributed by atoms with E-state index in [0.717, 1.165) is 6.42 Å². The number of nitrogens with two attached hydrogens (primary N) is 1. The minimum atomic E-state index is -0.299. The van der Waals surface area contributed by atoms with Gasteiger partial charge < -0.3 is 15.2 Å². The third-order valence-electron chi connectivity index (χ3n) is 3.07. The van der Waals surface area contributed by atoms with Crippen LogP contribution in [0.15, 0.2) is 42.5 Å². The van der Waals surface area contributed by atoms with Gasteiger partial charge in [0.05, 0.1) is 6.61 Å². The molecule has 0 aliphatic heterocycles. The van der Waals surface area contributed by atoms with Gasteiger partial charge in [0.1, 0.15) is 12.4 Å².